The maximum absolute atomic E-state index is 12.3. The molecule has 0 fully saturated rings. The van der Waals surface area contributed by atoms with Gasteiger partial charge in [-0.05, 0) is 20.8 Å². The van der Waals surface area contributed by atoms with Gasteiger partial charge in [-0.1, -0.05) is 20.8 Å². The summed E-state index contributed by atoms with van der Waals surface area (Å²) < 4.78 is 1.82. The third-order valence-electron chi connectivity index (χ3n) is 4.03. The molecular weight excluding hydrogens is 308 g/mol. The first-order valence-electron chi connectivity index (χ1n) is 7.84. The summed E-state index contributed by atoms with van der Waals surface area (Å²) in [7, 11) is 1.90. The molecule has 0 spiro atoms. The molecule has 0 aromatic carbocycles. The van der Waals surface area contributed by atoms with Crippen LogP contribution < -0.4 is 5.32 Å². The second kappa shape index (κ2) is 6.43. The van der Waals surface area contributed by atoms with Crippen molar-refractivity contribution in [3.8, 4) is 0 Å². The lowest BCUT2D eigenvalue weighted by Gasteiger charge is -2.15. The molecule has 0 aliphatic heterocycles. The van der Waals surface area contributed by atoms with Crippen LogP contribution in [-0.2, 0) is 23.7 Å². The van der Waals surface area contributed by atoms with Crippen LogP contribution in [0.4, 0.5) is 0 Å². The van der Waals surface area contributed by atoms with Gasteiger partial charge in [0, 0.05) is 29.1 Å². The molecule has 5 nitrogen and oxygen atoms in total. The van der Waals surface area contributed by atoms with Crippen molar-refractivity contribution in [2.24, 2.45) is 7.05 Å². The topological polar surface area (TPSA) is 59.8 Å². The van der Waals surface area contributed by atoms with Crippen LogP contribution >= 0.6 is 11.3 Å². The molecule has 0 saturated carbocycles. The molecule has 126 valence electrons. The van der Waals surface area contributed by atoms with Gasteiger partial charge in [0.05, 0.1) is 23.9 Å². The van der Waals surface area contributed by atoms with Gasteiger partial charge in [-0.2, -0.15) is 5.10 Å². The summed E-state index contributed by atoms with van der Waals surface area (Å²) in [6, 6.07) is -0.0825. The van der Waals surface area contributed by atoms with E-state index in [1.807, 2.05) is 32.5 Å². The monoisotopic (exact) mass is 334 g/mol. The maximum Gasteiger partial charge on any atom is 0.225 e. The van der Waals surface area contributed by atoms with Crippen molar-refractivity contribution in [3.63, 3.8) is 0 Å². The quantitative estimate of drug-likeness (QED) is 0.934. The molecule has 1 N–H and O–H groups in total. The molecule has 0 bridgehead atoms. The Bertz CT molecular complexity index is 709. The van der Waals surface area contributed by atoms with Crippen LogP contribution in [0.15, 0.2) is 5.38 Å². The predicted octanol–water partition coefficient (Wildman–Crippen LogP) is 3.21. The van der Waals surface area contributed by atoms with E-state index in [1.54, 1.807) is 11.3 Å². The molecular formula is C17H26N4OS. The molecule has 6 heteroatoms. The van der Waals surface area contributed by atoms with Crippen molar-refractivity contribution in [2.75, 3.05) is 0 Å². The summed E-state index contributed by atoms with van der Waals surface area (Å²) >= 11 is 1.60. The number of carbonyl (C=O) groups is 1. The van der Waals surface area contributed by atoms with E-state index in [2.05, 4.69) is 41.6 Å². The minimum Gasteiger partial charge on any atom is -0.347 e. The molecule has 2 aromatic rings. The Labute approximate surface area is 142 Å². The van der Waals surface area contributed by atoms with Crippen molar-refractivity contribution >= 4 is 17.2 Å². The number of rotatable bonds is 4. The van der Waals surface area contributed by atoms with Crippen LogP contribution in [0.25, 0.3) is 0 Å². The van der Waals surface area contributed by atoms with E-state index in [0.717, 1.165) is 27.7 Å². The highest BCUT2D eigenvalue weighted by Gasteiger charge is 2.21. The number of nitrogens with zero attached hydrogens (tertiary/aromatic N) is 3. The molecule has 0 aliphatic rings. The maximum atomic E-state index is 12.3. The lowest BCUT2D eigenvalue weighted by molar-refractivity contribution is -0.121. The highest BCUT2D eigenvalue weighted by atomic mass is 32.1. The molecule has 1 amide bonds. The van der Waals surface area contributed by atoms with Crippen LogP contribution in [0.5, 0.6) is 0 Å². The first kappa shape index (κ1) is 17.7. The van der Waals surface area contributed by atoms with Crippen molar-refractivity contribution in [2.45, 2.75) is 59.4 Å². The summed E-state index contributed by atoms with van der Waals surface area (Å²) in [6.07, 6.45) is 0.355. The smallest absolute Gasteiger partial charge is 0.225 e. The first-order chi connectivity index (χ1) is 10.6. The van der Waals surface area contributed by atoms with Gasteiger partial charge >= 0.3 is 0 Å². The zero-order chi connectivity index (χ0) is 17.4. The molecule has 2 rings (SSSR count). The molecule has 0 saturated heterocycles. The van der Waals surface area contributed by atoms with Gasteiger partial charge in [0.1, 0.15) is 5.01 Å². The fourth-order valence-electron chi connectivity index (χ4n) is 2.42. The van der Waals surface area contributed by atoms with Gasteiger partial charge < -0.3 is 5.32 Å². The van der Waals surface area contributed by atoms with E-state index in [9.17, 15) is 4.79 Å². The van der Waals surface area contributed by atoms with Gasteiger partial charge in [0.25, 0.3) is 0 Å². The molecule has 0 aliphatic carbocycles. The van der Waals surface area contributed by atoms with E-state index in [-0.39, 0.29) is 17.4 Å². The third kappa shape index (κ3) is 3.99. The Morgan fingerprint density at radius 3 is 2.52 bits per heavy atom. The molecule has 23 heavy (non-hydrogen) atoms. The summed E-state index contributed by atoms with van der Waals surface area (Å²) in [5.41, 5.74) is 4.05. The standard InChI is InChI=1S/C17H26N4OS/c1-10-13(12(3)21(7)20-10)8-15(22)18-11(2)16-19-14(9-23-16)17(4,5)6/h9,11H,8H2,1-7H3,(H,18,22)/t11-/m0/s1. The summed E-state index contributed by atoms with van der Waals surface area (Å²) in [6.45, 7) is 12.3. The number of hydrogen-bond donors (Lipinski definition) is 1. The summed E-state index contributed by atoms with van der Waals surface area (Å²) in [5, 5.41) is 10.4. The van der Waals surface area contributed by atoms with Crippen molar-refractivity contribution < 1.29 is 4.79 Å². The lowest BCUT2D eigenvalue weighted by Crippen LogP contribution is -2.28. The minimum atomic E-state index is -0.0825. The van der Waals surface area contributed by atoms with Crippen molar-refractivity contribution in [3.05, 3.63) is 33.0 Å². The molecule has 2 aromatic heterocycles. The summed E-state index contributed by atoms with van der Waals surface area (Å²) in [4.78, 5) is 17.0. The Morgan fingerprint density at radius 1 is 1.39 bits per heavy atom. The molecule has 2 heterocycles. The highest BCUT2D eigenvalue weighted by molar-refractivity contribution is 7.09. The van der Waals surface area contributed by atoms with Gasteiger partial charge in [-0.15, -0.1) is 11.3 Å². The van der Waals surface area contributed by atoms with Crippen LogP contribution in [-0.4, -0.2) is 20.7 Å². The first-order valence-corrected chi connectivity index (χ1v) is 8.72. The number of carbonyl (C=O) groups excluding carboxylic acids is 1. The van der Waals surface area contributed by atoms with Crippen molar-refractivity contribution in [1.82, 2.24) is 20.1 Å². The zero-order valence-electron chi connectivity index (χ0n) is 15.0. The average molecular weight is 334 g/mol. The molecule has 0 unspecified atom stereocenters. The number of amides is 1. The van der Waals surface area contributed by atoms with E-state index in [0.29, 0.717) is 6.42 Å². The fourth-order valence-corrected chi connectivity index (χ4v) is 3.47. The molecule has 0 radical (unpaired) electrons. The lowest BCUT2D eigenvalue weighted by atomic mass is 9.93. The predicted molar refractivity (Wildman–Crippen MR) is 93.8 cm³/mol. The van der Waals surface area contributed by atoms with Gasteiger partial charge in [-0.25, -0.2) is 4.98 Å². The Hall–Kier alpha value is -1.69. The van der Waals surface area contributed by atoms with E-state index in [4.69, 9.17) is 0 Å². The largest absolute Gasteiger partial charge is 0.347 e. The van der Waals surface area contributed by atoms with Crippen molar-refractivity contribution in [1.29, 1.82) is 0 Å². The van der Waals surface area contributed by atoms with Crippen LogP contribution in [0.2, 0.25) is 0 Å². The van der Waals surface area contributed by atoms with Crippen LogP contribution in [0.3, 0.4) is 0 Å². The second-order valence-corrected chi connectivity index (χ2v) is 7.95. The second-order valence-electron chi connectivity index (χ2n) is 7.06. The number of aryl methyl sites for hydroxylation is 2. The third-order valence-corrected chi connectivity index (χ3v) is 5.06. The SMILES string of the molecule is Cc1nn(C)c(C)c1CC(=O)N[C@@H](C)c1nc(C(C)(C)C)cs1. The van der Waals surface area contributed by atoms with E-state index >= 15 is 0 Å². The van der Waals surface area contributed by atoms with Crippen LogP contribution in [0.1, 0.15) is 61.4 Å². The fraction of sp³-hybridized carbons (Fsp3) is 0.588. The van der Waals surface area contributed by atoms with Gasteiger partial charge in [0.15, 0.2) is 0 Å². The van der Waals surface area contributed by atoms with Crippen LogP contribution in [0, 0.1) is 13.8 Å². The zero-order valence-corrected chi connectivity index (χ0v) is 15.8. The number of nitrogens with one attached hydrogen (secondary N) is 1. The van der Waals surface area contributed by atoms with E-state index < -0.39 is 0 Å². The summed E-state index contributed by atoms with van der Waals surface area (Å²) in [5.74, 6) is 0.00390. The number of hydrogen-bond acceptors (Lipinski definition) is 4. The number of thiazole rings is 1. The Kier molecular flexibility index (Phi) is 4.94. The normalized spacial score (nSPS) is 13.2. The molecule has 1 atom stereocenters. The number of aromatic nitrogens is 3. The minimum absolute atomic E-state index is 0.00390. The Morgan fingerprint density at radius 2 is 2.04 bits per heavy atom. The highest BCUT2D eigenvalue weighted by Crippen LogP contribution is 2.26. The van der Waals surface area contributed by atoms with Gasteiger partial charge in [0.2, 0.25) is 5.91 Å². The van der Waals surface area contributed by atoms with E-state index in [1.165, 1.54) is 0 Å². The Balaban J connectivity index is 2.04. The average Bonchev–Trinajstić information content (AvgIpc) is 3.00. The van der Waals surface area contributed by atoms with Gasteiger partial charge in [-0.3, -0.25) is 9.48 Å².